The first-order valence-corrected chi connectivity index (χ1v) is 11.8. The fourth-order valence-electron chi connectivity index (χ4n) is 1.42. The lowest BCUT2D eigenvalue weighted by Gasteiger charge is -2.35. The van der Waals surface area contributed by atoms with Crippen LogP contribution in [-0.4, -0.2) is 29.9 Å². The second-order valence-corrected chi connectivity index (χ2v) is 13.4. The number of hydrogen-bond acceptors (Lipinski definition) is 4. The number of aryl methyl sites for hydroxylation is 1. The van der Waals surface area contributed by atoms with E-state index in [4.69, 9.17) is 8.61 Å². The zero-order valence-electron chi connectivity index (χ0n) is 14.8. The van der Waals surface area contributed by atoms with Crippen LogP contribution in [0.3, 0.4) is 0 Å². The Bertz CT molecular complexity index is 674. The second-order valence-electron chi connectivity index (χ2n) is 6.93. The molecule has 0 bridgehead atoms. The molecule has 0 aromatic heterocycles. The maximum atomic E-state index is 12.0. The van der Waals surface area contributed by atoms with Crippen LogP contribution in [0, 0.1) is 18.8 Å². The minimum atomic E-state index is -3.75. The SMILES string of the molecule is Cc1ccc(S(=O)(=O)OCC#CCO[Si](C)(C)C(C)(C)C)cc1. The van der Waals surface area contributed by atoms with Gasteiger partial charge in [0.05, 0.1) is 11.5 Å². The van der Waals surface area contributed by atoms with Crippen molar-refractivity contribution < 1.29 is 17.0 Å². The Kier molecular flexibility index (Phi) is 6.60. The molecular weight excluding hydrogens is 328 g/mol. The normalized spacial score (nSPS) is 12.6. The third-order valence-corrected chi connectivity index (χ3v) is 9.79. The van der Waals surface area contributed by atoms with Crippen LogP contribution in [0.5, 0.6) is 0 Å². The number of rotatable bonds is 5. The summed E-state index contributed by atoms with van der Waals surface area (Å²) in [7, 11) is -5.57. The highest BCUT2D eigenvalue weighted by Gasteiger charge is 2.36. The van der Waals surface area contributed by atoms with Gasteiger partial charge in [-0.15, -0.1) is 0 Å². The lowest BCUT2D eigenvalue weighted by atomic mass is 10.2. The second kappa shape index (κ2) is 7.62. The van der Waals surface area contributed by atoms with Gasteiger partial charge < -0.3 is 4.43 Å². The smallest absolute Gasteiger partial charge is 0.297 e. The summed E-state index contributed by atoms with van der Waals surface area (Å²) in [6, 6.07) is 6.52. The van der Waals surface area contributed by atoms with Crippen molar-refractivity contribution in [2.45, 2.75) is 50.7 Å². The highest BCUT2D eigenvalue weighted by Crippen LogP contribution is 2.36. The molecule has 0 aliphatic rings. The predicted molar refractivity (Wildman–Crippen MR) is 95.2 cm³/mol. The molecule has 0 aliphatic heterocycles. The summed E-state index contributed by atoms with van der Waals surface area (Å²) in [6.45, 7) is 12.8. The van der Waals surface area contributed by atoms with Crippen LogP contribution in [0.4, 0.5) is 0 Å². The fraction of sp³-hybridized carbons (Fsp3) is 0.529. The average molecular weight is 355 g/mol. The van der Waals surface area contributed by atoms with Crippen molar-refractivity contribution in [1.29, 1.82) is 0 Å². The molecule has 0 atom stereocenters. The van der Waals surface area contributed by atoms with Gasteiger partial charge in [0.2, 0.25) is 0 Å². The standard InChI is InChI=1S/C17H26O4SSi/c1-15-9-11-16(12-10-15)22(18,19)20-13-7-8-14-21-23(5,6)17(2,3)4/h9-12H,13-14H2,1-6H3. The van der Waals surface area contributed by atoms with Gasteiger partial charge in [0.15, 0.2) is 8.32 Å². The van der Waals surface area contributed by atoms with Crippen molar-refractivity contribution in [3.05, 3.63) is 29.8 Å². The van der Waals surface area contributed by atoms with Gasteiger partial charge in [0.1, 0.15) is 6.61 Å². The maximum Gasteiger partial charge on any atom is 0.297 e. The minimum Gasteiger partial charge on any atom is -0.406 e. The summed E-state index contributed by atoms with van der Waals surface area (Å²) < 4.78 is 34.7. The highest BCUT2D eigenvalue weighted by atomic mass is 32.2. The molecule has 0 aliphatic carbocycles. The summed E-state index contributed by atoms with van der Waals surface area (Å²) in [5.74, 6) is 5.51. The fourth-order valence-corrected chi connectivity index (χ4v) is 3.10. The Labute approximate surface area is 141 Å². The predicted octanol–water partition coefficient (Wildman–Crippen LogP) is 3.73. The van der Waals surface area contributed by atoms with Gasteiger partial charge in [-0.25, -0.2) is 0 Å². The van der Waals surface area contributed by atoms with Crippen LogP contribution in [-0.2, 0) is 18.7 Å². The molecular formula is C17H26O4SSi. The van der Waals surface area contributed by atoms with Crippen LogP contribution in [0.25, 0.3) is 0 Å². The van der Waals surface area contributed by atoms with Crippen LogP contribution in [0.15, 0.2) is 29.2 Å². The molecule has 23 heavy (non-hydrogen) atoms. The van der Waals surface area contributed by atoms with E-state index in [2.05, 4.69) is 45.7 Å². The van der Waals surface area contributed by atoms with Gasteiger partial charge in [-0.2, -0.15) is 8.42 Å². The first-order chi connectivity index (χ1) is 10.5. The van der Waals surface area contributed by atoms with Crippen LogP contribution in [0.2, 0.25) is 18.1 Å². The van der Waals surface area contributed by atoms with E-state index in [1.54, 1.807) is 12.1 Å². The van der Waals surface area contributed by atoms with Crippen molar-refractivity contribution >= 4 is 18.4 Å². The van der Waals surface area contributed by atoms with Crippen LogP contribution >= 0.6 is 0 Å². The number of hydrogen-bond donors (Lipinski definition) is 0. The van der Waals surface area contributed by atoms with E-state index in [-0.39, 0.29) is 16.5 Å². The lowest BCUT2D eigenvalue weighted by Crippen LogP contribution is -2.40. The van der Waals surface area contributed by atoms with Crippen molar-refractivity contribution in [2.24, 2.45) is 0 Å². The summed E-state index contributed by atoms with van der Waals surface area (Å²) >= 11 is 0. The molecule has 1 aromatic carbocycles. The molecule has 128 valence electrons. The van der Waals surface area contributed by atoms with Crippen molar-refractivity contribution in [2.75, 3.05) is 13.2 Å². The van der Waals surface area contributed by atoms with E-state index in [9.17, 15) is 8.42 Å². The largest absolute Gasteiger partial charge is 0.406 e. The Hall–Kier alpha value is -1.13. The van der Waals surface area contributed by atoms with Gasteiger partial charge in [0.25, 0.3) is 10.1 Å². The molecule has 1 aromatic rings. The quantitative estimate of drug-likeness (QED) is 0.459. The molecule has 0 saturated carbocycles. The van der Waals surface area contributed by atoms with Gasteiger partial charge in [-0.3, -0.25) is 4.18 Å². The first-order valence-electron chi connectivity index (χ1n) is 7.51. The Balaban J connectivity index is 2.50. The van der Waals surface area contributed by atoms with Crippen molar-refractivity contribution in [1.82, 2.24) is 0 Å². The summed E-state index contributed by atoms with van der Waals surface area (Å²) in [5.41, 5.74) is 0.992. The van der Waals surface area contributed by atoms with E-state index in [1.807, 2.05) is 6.92 Å². The molecule has 0 spiro atoms. The van der Waals surface area contributed by atoms with E-state index in [0.29, 0.717) is 6.61 Å². The third kappa shape index (κ3) is 6.11. The molecule has 0 saturated heterocycles. The first kappa shape index (κ1) is 19.9. The van der Waals surface area contributed by atoms with Gasteiger partial charge >= 0.3 is 0 Å². The molecule has 0 heterocycles. The lowest BCUT2D eigenvalue weighted by molar-refractivity contribution is 0.333. The van der Waals surface area contributed by atoms with Crippen molar-refractivity contribution in [3.63, 3.8) is 0 Å². The van der Waals surface area contributed by atoms with E-state index in [0.717, 1.165) is 5.56 Å². The molecule has 4 nitrogen and oxygen atoms in total. The maximum absolute atomic E-state index is 12.0. The van der Waals surface area contributed by atoms with Crippen molar-refractivity contribution in [3.8, 4) is 11.8 Å². The summed E-state index contributed by atoms with van der Waals surface area (Å²) in [6.07, 6.45) is 0. The zero-order chi connectivity index (χ0) is 17.7. The Morgan fingerprint density at radius 1 is 1.04 bits per heavy atom. The molecule has 0 amide bonds. The van der Waals surface area contributed by atoms with E-state index >= 15 is 0 Å². The topological polar surface area (TPSA) is 52.6 Å². The molecule has 6 heteroatoms. The number of benzene rings is 1. The molecule has 1 rings (SSSR count). The van der Waals surface area contributed by atoms with E-state index < -0.39 is 18.4 Å². The molecule has 0 radical (unpaired) electrons. The van der Waals surface area contributed by atoms with Gasteiger partial charge in [-0.05, 0) is 37.2 Å². The van der Waals surface area contributed by atoms with Gasteiger partial charge in [-0.1, -0.05) is 50.3 Å². The molecule has 0 fully saturated rings. The third-order valence-electron chi connectivity index (χ3n) is 4.03. The average Bonchev–Trinajstić information content (AvgIpc) is 2.42. The Morgan fingerprint density at radius 3 is 2.09 bits per heavy atom. The van der Waals surface area contributed by atoms with Crippen LogP contribution in [0.1, 0.15) is 26.3 Å². The molecule has 0 N–H and O–H groups in total. The highest BCUT2D eigenvalue weighted by molar-refractivity contribution is 7.86. The zero-order valence-corrected chi connectivity index (χ0v) is 16.6. The van der Waals surface area contributed by atoms with Gasteiger partial charge in [0, 0.05) is 0 Å². The monoisotopic (exact) mass is 354 g/mol. The molecule has 0 unspecified atom stereocenters. The summed E-state index contributed by atoms with van der Waals surface area (Å²) in [5, 5.41) is 0.125. The van der Waals surface area contributed by atoms with E-state index in [1.165, 1.54) is 12.1 Å². The minimum absolute atomic E-state index is 0.125. The van der Waals surface area contributed by atoms with Crippen LogP contribution < -0.4 is 0 Å². The summed E-state index contributed by atoms with van der Waals surface area (Å²) in [4.78, 5) is 0.141. The Morgan fingerprint density at radius 2 is 1.57 bits per heavy atom.